The van der Waals surface area contributed by atoms with Crippen molar-refractivity contribution in [2.75, 3.05) is 27.9 Å². The number of aryl methyl sites for hydroxylation is 1. The van der Waals surface area contributed by atoms with E-state index in [1.165, 1.54) is 26.4 Å². The molecule has 0 saturated carbocycles. The molecule has 2 aromatic rings. The molecule has 7 heteroatoms. The molecule has 7 nitrogen and oxygen atoms in total. The fourth-order valence-electron chi connectivity index (χ4n) is 3.14. The summed E-state index contributed by atoms with van der Waals surface area (Å²) < 4.78 is 21.3. The van der Waals surface area contributed by atoms with Gasteiger partial charge in [0.05, 0.1) is 21.3 Å². The monoisotopic (exact) mass is 442 g/mol. The third kappa shape index (κ3) is 6.77. The van der Waals surface area contributed by atoms with Gasteiger partial charge in [-0.05, 0) is 48.1 Å². The minimum Gasteiger partial charge on any atom is -0.496 e. The number of carboxylic acid groups (broad SMARTS) is 1. The molecule has 0 atom stereocenters. The van der Waals surface area contributed by atoms with Crippen molar-refractivity contribution in [3.8, 4) is 23.0 Å². The first-order chi connectivity index (χ1) is 15.3. The molecule has 2 aromatic carbocycles. The second-order valence-electron chi connectivity index (χ2n) is 7.59. The highest BCUT2D eigenvalue weighted by atomic mass is 16.5. The van der Waals surface area contributed by atoms with Gasteiger partial charge in [0, 0.05) is 12.1 Å². The Balaban J connectivity index is 2.36. The Hall–Kier alpha value is -3.48. The van der Waals surface area contributed by atoms with E-state index in [0.29, 0.717) is 11.7 Å². The van der Waals surface area contributed by atoms with Crippen molar-refractivity contribution in [2.24, 2.45) is 5.92 Å². The third-order valence-corrected chi connectivity index (χ3v) is 4.82. The van der Waals surface area contributed by atoms with Crippen molar-refractivity contribution < 1.29 is 33.6 Å². The van der Waals surface area contributed by atoms with Gasteiger partial charge in [-0.2, -0.15) is 0 Å². The summed E-state index contributed by atoms with van der Waals surface area (Å²) in [5.41, 5.74) is 2.04. The molecule has 0 amide bonds. The molecule has 2 rings (SSSR count). The number of ether oxygens (including phenoxy) is 4. The van der Waals surface area contributed by atoms with E-state index in [0.717, 1.165) is 29.7 Å². The Morgan fingerprint density at radius 2 is 1.66 bits per heavy atom. The fourth-order valence-corrected chi connectivity index (χ4v) is 3.14. The SMILES string of the molecule is COc1cc(OC)c(C(=O)C=Cc2ccc(OC)c(CCC(C)C)c2)c(OCC(=O)O)c1. The minimum atomic E-state index is -1.16. The van der Waals surface area contributed by atoms with Gasteiger partial charge >= 0.3 is 5.97 Å². The maximum Gasteiger partial charge on any atom is 0.341 e. The molecule has 0 aliphatic heterocycles. The highest BCUT2D eigenvalue weighted by molar-refractivity contribution is 6.10. The summed E-state index contributed by atoms with van der Waals surface area (Å²) in [6, 6.07) is 8.76. The first kappa shape index (κ1) is 24.8. The van der Waals surface area contributed by atoms with Crippen LogP contribution >= 0.6 is 0 Å². The van der Waals surface area contributed by atoms with Crippen molar-refractivity contribution in [1.29, 1.82) is 0 Å². The number of carboxylic acids is 1. The van der Waals surface area contributed by atoms with E-state index in [4.69, 9.17) is 24.1 Å². The van der Waals surface area contributed by atoms with Gasteiger partial charge in [0.25, 0.3) is 0 Å². The standard InChI is InChI=1S/C25H30O7/c1-16(2)6-9-18-12-17(8-11-21(18)30-4)7-10-20(26)25-22(31-5)13-19(29-3)14-23(25)32-15-24(27)28/h7-8,10-14,16H,6,9,15H2,1-5H3,(H,27,28). The number of benzene rings is 2. The van der Waals surface area contributed by atoms with Gasteiger partial charge in [0.1, 0.15) is 28.6 Å². The van der Waals surface area contributed by atoms with Gasteiger partial charge in [-0.15, -0.1) is 0 Å². The number of hydrogen-bond acceptors (Lipinski definition) is 6. The van der Waals surface area contributed by atoms with Gasteiger partial charge in [-0.25, -0.2) is 4.79 Å². The zero-order valence-electron chi connectivity index (χ0n) is 19.1. The predicted molar refractivity (Wildman–Crippen MR) is 122 cm³/mol. The van der Waals surface area contributed by atoms with E-state index in [1.807, 2.05) is 18.2 Å². The van der Waals surface area contributed by atoms with Crippen molar-refractivity contribution >= 4 is 17.8 Å². The lowest BCUT2D eigenvalue weighted by Crippen LogP contribution is -2.12. The maximum absolute atomic E-state index is 13.0. The van der Waals surface area contributed by atoms with E-state index in [-0.39, 0.29) is 22.8 Å². The largest absolute Gasteiger partial charge is 0.496 e. The summed E-state index contributed by atoms with van der Waals surface area (Å²) in [5, 5.41) is 8.96. The topological polar surface area (TPSA) is 91.3 Å². The van der Waals surface area contributed by atoms with Crippen LogP contribution in [0, 0.1) is 5.92 Å². The van der Waals surface area contributed by atoms with Crippen molar-refractivity contribution in [2.45, 2.75) is 26.7 Å². The Morgan fingerprint density at radius 3 is 2.25 bits per heavy atom. The second-order valence-corrected chi connectivity index (χ2v) is 7.59. The molecule has 32 heavy (non-hydrogen) atoms. The predicted octanol–water partition coefficient (Wildman–Crippen LogP) is 4.66. The zero-order chi connectivity index (χ0) is 23.7. The van der Waals surface area contributed by atoms with Gasteiger partial charge in [0.2, 0.25) is 0 Å². The molecule has 0 fully saturated rings. The first-order valence-corrected chi connectivity index (χ1v) is 10.3. The number of rotatable bonds is 12. The number of hydrogen-bond donors (Lipinski definition) is 1. The Bertz CT molecular complexity index is 976. The molecule has 0 aliphatic carbocycles. The molecule has 0 spiro atoms. The van der Waals surface area contributed by atoms with E-state index < -0.39 is 12.6 Å². The molecule has 0 aliphatic rings. The molecule has 0 aromatic heterocycles. The number of methoxy groups -OCH3 is 3. The van der Waals surface area contributed by atoms with E-state index in [2.05, 4.69) is 13.8 Å². The summed E-state index contributed by atoms with van der Waals surface area (Å²) >= 11 is 0. The van der Waals surface area contributed by atoms with Crippen LogP contribution in [0.4, 0.5) is 0 Å². The maximum atomic E-state index is 13.0. The molecular weight excluding hydrogens is 412 g/mol. The molecular formula is C25H30O7. The quantitative estimate of drug-likeness (QED) is 0.378. The van der Waals surface area contributed by atoms with Crippen LogP contribution in [-0.4, -0.2) is 44.8 Å². The molecule has 0 heterocycles. The van der Waals surface area contributed by atoms with E-state index in [1.54, 1.807) is 19.3 Å². The summed E-state index contributed by atoms with van der Waals surface area (Å²) in [5.74, 6) is 0.518. The Kier molecular flexibility index (Phi) is 9.13. The molecule has 0 saturated heterocycles. The highest BCUT2D eigenvalue weighted by Gasteiger charge is 2.20. The minimum absolute atomic E-state index is 0.0746. The van der Waals surface area contributed by atoms with Gasteiger partial charge < -0.3 is 24.1 Å². The second kappa shape index (κ2) is 11.8. The number of aliphatic carboxylic acids is 1. The average Bonchev–Trinajstić information content (AvgIpc) is 2.78. The van der Waals surface area contributed by atoms with Crippen LogP contribution < -0.4 is 18.9 Å². The average molecular weight is 443 g/mol. The summed E-state index contributed by atoms with van der Waals surface area (Å²) in [6.07, 6.45) is 5.00. The van der Waals surface area contributed by atoms with Gasteiger partial charge in [-0.1, -0.05) is 26.0 Å². The van der Waals surface area contributed by atoms with Crippen LogP contribution in [-0.2, 0) is 11.2 Å². The lowest BCUT2D eigenvalue weighted by Gasteiger charge is -2.14. The van der Waals surface area contributed by atoms with Crippen molar-refractivity contribution in [1.82, 2.24) is 0 Å². The molecule has 1 N–H and O–H groups in total. The lowest BCUT2D eigenvalue weighted by atomic mass is 9.99. The molecule has 172 valence electrons. The fraction of sp³-hybridized carbons (Fsp3) is 0.360. The van der Waals surface area contributed by atoms with Crippen molar-refractivity contribution in [3.63, 3.8) is 0 Å². The third-order valence-electron chi connectivity index (χ3n) is 4.82. The zero-order valence-corrected chi connectivity index (χ0v) is 19.1. The van der Waals surface area contributed by atoms with Gasteiger partial charge in [-0.3, -0.25) is 4.79 Å². The summed E-state index contributed by atoms with van der Waals surface area (Å²) in [6.45, 7) is 3.74. The van der Waals surface area contributed by atoms with Crippen LogP contribution in [0.25, 0.3) is 6.08 Å². The van der Waals surface area contributed by atoms with Crippen LogP contribution in [0.5, 0.6) is 23.0 Å². The lowest BCUT2D eigenvalue weighted by molar-refractivity contribution is -0.139. The van der Waals surface area contributed by atoms with Crippen molar-refractivity contribution in [3.05, 3.63) is 53.1 Å². The number of carbonyl (C=O) groups excluding carboxylic acids is 1. The molecule has 0 radical (unpaired) electrons. The summed E-state index contributed by atoms with van der Waals surface area (Å²) in [7, 11) is 4.51. The number of carbonyl (C=O) groups is 2. The number of allylic oxidation sites excluding steroid dienone is 1. The smallest absolute Gasteiger partial charge is 0.341 e. The van der Waals surface area contributed by atoms with E-state index in [9.17, 15) is 9.59 Å². The van der Waals surface area contributed by atoms with Crippen LogP contribution in [0.15, 0.2) is 36.4 Å². The van der Waals surface area contributed by atoms with Crippen LogP contribution in [0.1, 0.15) is 41.8 Å². The summed E-state index contributed by atoms with van der Waals surface area (Å²) in [4.78, 5) is 24.0. The normalized spacial score (nSPS) is 10.9. The molecule has 0 unspecified atom stereocenters. The van der Waals surface area contributed by atoms with Crippen LogP contribution in [0.3, 0.4) is 0 Å². The first-order valence-electron chi connectivity index (χ1n) is 10.3. The Morgan fingerprint density at radius 1 is 0.969 bits per heavy atom. The highest BCUT2D eigenvalue weighted by Crippen LogP contribution is 2.35. The Labute approximate surface area is 188 Å². The van der Waals surface area contributed by atoms with Crippen LogP contribution in [0.2, 0.25) is 0 Å². The molecule has 0 bridgehead atoms. The number of ketones is 1. The van der Waals surface area contributed by atoms with Gasteiger partial charge in [0.15, 0.2) is 12.4 Å². The van der Waals surface area contributed by atoms with E-state index >= 15 is 0 Å².